The van der Waals surface area contributed by atoms with Gasteiger partial charge in [-0.2, -0.15) is 0 Å². The maximum absolute atomic E-state index is 13.4. The first-order chi connectivity index (χ1) is 8.55. The van der Waals surface area contributed by atoms with Crippen molar-refractivity contribution in [3.8, 4) is 0 Å². The second-order valence-corrected chi connectivity index (χ2v) is 4.93. The molecule has 2 N–H and O–H groups in total. The molecule has 0 saturated heterocycles. The Morgan fingerprint density at radius 1 is 1.39 bits per heavy atom. The molecule has 4 heteroatoms. The van der Waals surface area contributed by atoms with Gasteiger partial charge in [-0.15, -0.1) is 0 Å². The molecule has 2 aromatic rings. The van der Waals surface area contributed by atoms with E-state index in [9.17, 15) is 4.39 Å². The molecule has 98 valence electrons. The number of halogens is 1. The van der Waals surface area contributed by atoms with E-state index in [-0.39, 0.29) is 11.2 Å². The van der Waals surface area contributed by atoms with Gasteiger partial charge in [0, 0.05) is 18.5 Å². The van der Waals surface area contributed by atoms with E-state index >= 15 is 0 Å². The quantitative estimate of drug-likeness (QED) is 0.905. The highest BCUT2D eigenvalue weighted by Crippen LogP contribution is 2.29. The summed E-state index contributed by atoms with van der Waals surface area (Å²) in [6, 6.07) is 4.72. The van der Waals surface area contributed by atoms with Crippen LogP contribution in [0.3, 0.4) is 0 Å². The highest BCUT2D eigenvalue weighted by atomic mass is 19.1. The number of aromatic nitrogens is 2. The fourth-order valence-electron chi connectivity index (χ4n) is 2.27. The SMILES string of the molecule is CCn1c(C(C)(CC)CN)nc2ccc(F)cc21. The first kappa shape index (κ1) is 13.0. The van der Waals surface area contributed by atoms with Crippen molar-refractivity contribution in [2.45, 2.75) is 39.2 Å². The topological polar surface area (TPSA) is 43.8 Å². The third-order valence-corrected chi connectivity index (χ3v) is 3.80. The zero-order chi connectivity index (χ0) is 13.3. The molecular formula is C14H20FN3. The lowest BCUT2D eigenvalue weighted by Gasteiger charge is -2.26. The molecule has 0 saturated carbocycles. The summed E-state index contributed by atoms with van der Waals surface area (Å²) >= 11 is 0. The Hall–Kier alpha value is -1.42. The van der Waals surface area contributed by atoms with Gasteiger partial charge < -0.3 is 10.3 Å². The van der Waals surface area contributed by atoms with E-state index in [2.05, 4.69) is 23.4 Å². The molecule has 0 aliphatic carbocycles. The standard InChI is InChI=1S/C14H20FN3/c1-4-14(3,9-16)13-17-11-7-6-10(15)8-12(11)18(13)5-2/h6-8H,4-5,9,16H2,1-3H3. The van der Waals surface area contributed by atoms with Crippen LogP contribution < -0.4 is 5.73 Å². The van der Waals surface area contributed by atoms with Gasteiger partial charge in [-0.1, -0.05) is 13.8 Å². The van der Waals surface area contributed by atoms with Crippen LogP contribution in [-0.4, -0.2) is 16.1 Å². The Morgan fingerprint density at radius 3 is 2.67 bits per heavy atom. The summed E-state index contributed by atoms with van der Waals surface area (Å²) in [5, 5.41) is 0. The Morgan fingerprint density at radius 2 is 2.11 bits per heavy atom. The molecule has 1 unspecified atom stereocenters. The largest absolute Gasteiger partial charge is 0.329 e. The van der Waals surface area contributed by atoms with E-state index in [0.29, 0.717) is 6.54 Å². The number of imidazole rings is 1. The monoisotopic (exact) mass is 249 g/mol. The van der Waals surface area contributed by atoms with Crippen molar-refractivity contribution in [3.63, 3.8) is 0 Å². The van der Waals surface area contributed by atoms with Crippen molar-refractivity contribution in [1.29, 1.82) is 0 Å². The lowest BCUT2D eigenvalue weighted by molar-refractivity contribution is 0.420. The summed E-state index contributed by atoms with van der Waals surface area (Å²) in [4.78, 5) is 4.65. The predicted octanol–water partition coefficient (Wildman–Crippen LogP) is 2.82. The first-order valence-electron chi connectivity index (χ1n) is 6.42. The lowest BCUT2D eigenvalue weighted by Crippen LogP contribution is -2.34. The van der Waals surface area contributed by atoms with Crippen LogP contribution in [0.2, 0.25) is 0 Å². The summed E-state index contributed by atoms with van der Waals surface area (Å²) in [6.07, 6.45) is 0.912. The van der Waals surface area contributed by atoms with Crippen molar-refractivity contribution in [1.82, 2.24) is 9.55 Å². The van der Waals surface area contributed by atoms with Gasteiger partial charge in [0.1, 0.15) is 11.6 Å². The van der Waals surface area contributed by atoms with Gasteiger partial charge in [-0.3, -0.25) is 0 Å². The molecule has 0 fully saturated rings. The smallest absolute Gasteiger partial charge is 0.125 e. The van der Waals surface area contributed by atoms with Gasteiger partial charge in [-0.05, 0) is 31.5 Å². The molecular weight excluding hydrogens is 229 g/mol. The summed E-state index contributed by atoms with van der Waals surface area (Å²) in [7, 11) is 0. The van der Waals surface area contributed by atoms with Gasteiger partial charge in [0.25, 0.3) is 0 Å². The zero-order valence-corrected chi connectivity index (χ0v) is 11.2. The maximum Gasteiger partial charge on any atom is 0.125 e. The van der Waals surface area contributed by atoms with Crippen molar-refractivity contribution in [2.24, 2.45) is 5.73 Å². The average molecular weight is 249 g/mol. The molecule has 3 nitrogen and oxygen atoms in total. The summed E-state index contributed by atoms with van der Waals surface area (Å²) in [5.74, 6) is 0.727. The Bertz CT molecular complexity index is 555. The Labute approximate surface area is 107 Å². The summed E-state index contributed by atoms with van der Waals surface area (Å²) in [6.45, 7) is 7.56. The number of nitrogens with zero attached hydrogens (tertiary/aromatic N) is 2. The number of rotatable bonds is 4. The van der Waals surface area contributed by atoms with Crippen LogP contribution >= 0.6 is 0 Å². The van der Waals surface area contributed by atoms with Crippen LogP contribution in [0, 0.1) is 5.82 Å². The van der Waals surface area contributed by atoms with Gasteiger partial charge in [0.05, 0.1) is 11.0 Å². The van der Waals surface area contributed by atoms with Crippen LogP contribution in [0.25, 0.3) is 11.0 Å². The molecule has 1 aromatic heterocycles. The molecule has 0 amide bonds. The van der Waals surface area contributed by atoms with E-state index in [0.717, 1.165) is 29.8 Å². The molecule has 2 rings (SSSR count). The minimum Gasteiger partial charge on any atom is -0.329 e. The predicted molar refractivity (Wildman–Crippen MR) is 72.1 cm³/mol. The van der Waals surface area contributed by atoms with Crippen LogP contribution in [-0.2, 0) is 12.0 Å². The third kappa shape index (κ3) is 1.90. The number of nitrogens with two attached hydrogens (primary N) is 1. The van der Waals surface area contributed by atoms with Crippen LogP contribution in [0.5, 0.6) is 0 Å². The van der Waals surface area contributed by atoms with E-state index in [1.165, 1.54) is 6.07 Å². The summed E-state index contributed by atoms with van der Waals surface area (Å²) in [5.41, 5.74) is 7.42. The van der Waals surface area contributed by atoms with Crippen molar-refractivity contribution >= 4 is 11.0 Å². The second-order valence-electron chi connectivity index (χ2n) is 4.93. The molecule has 0 radical (unpaired) electrons. The molecule has 1 atom stereocenters. The maximum atomic E-state index is 13.4. The fraction of sp³-hybridized carbons (Fsp3) is 0.500. The summed E-state index contributed by atoms with van der Waals surface area (Å²) < 4.78 is 15.4. The number of hydrogen-bond donors (Lipinski definition) is 1. The van der Waals surface area contributed by atoms with Gasteiger partial charge in [0.15, 0.2) is 0 Å². The number of fused-ring (bicyclic) bond motifs is 1. The normalized spacial score (nSPS) is 14.9. The van der Waals surface area contributed by atoms with Gasteiger partial charge in [0.2, 0.25) is 0 Å². The van der Waals surface area contributed by atoms with Crippen molar-refractivity contribution in [2.75, 3.05) is 6.54 Å². The minimum absolute atomic E-state index is 0.161. The number of hydrogen-bond acceptors (Lipinski definition) is 2. The third-order valence-electron chi connectivity index (χ3n) is 3.80. The fourth-order valence-corrected chi connectivity index (χ4v) is 2.27. The molecule has 1 aromatic carbocycles. The van der Waals surface area contributed by atoms with Crippen molar-refractivity contribution in [3.05, 3.63) is 29.8 Å². The molecule has 0 spiro atoms. The molecule has 0 aliphatic heterocycles. The van der Waals surface area contributed by atoms with Crippen LogP contribution in [0.1, 0.15) is 33.0 Å². The molecule has 0 bridgehead atoms. The number of aryl methyl sites for hydroxylation is 1. The Kier molecular flexibility index (Phi) is 3.39. The van der Waals surface area contributed by atoms with E-state index in [1.807, 2.05) is 6.92 Å². The van der Waals surface area contributed by atoms with Crippen molar-refractivity contribution < 1.29 is 4.39 Å². The van der Waals surface area contributed by atoms with E-state index in [4.69, 9.17) is 5.73 Å². The molecule has 1 heterocycles. The van der Waals surface area contributed by atoms with E-state index in [1.54, 1.807) is 12.1 Å². The highest BCUT2D eigenvalue weighted by molar-refractivity contribution is 5.76. The van der Waals surface area contributed by atoms with Gasteiger partial charge in [-0.25, -0.2) is 9.37 Å². The first-order valence-corrected chi connectivity index (χ1v) is 6.42. The second kappa shape index (κ2) is 4.69. The minimum atomic E-state index is -0.227. The molecule has 18 heavy (non-hydrogen) atoms. The van der Waals surface area contributed by atoms with E-state index < -0.39 is 0 Å². The van der Waals surface area contributed by atoms with Gasteiger partial charge >= 0.3 is 0 Å². The highest BCUT2D eigenvalue weighted by Gasteiger charge is 2.29. The lowest BCUT2D eigenvalue weighted by atomic mass is 9.86. The molecule has 0 aliphatic rings. The average Bonchev–Trinajstić information content (AvgIpc) is 2.76. The van der Waals surface area contributed by atoms with Crippen LogP contribution in [0.4, 0.5) is 4.39 Å². The zero-order valence-electron chi connectivity index (χ0n) is 11.2. The van der Waals surface area contributed by atoms with Crippen LogP contribution in [0.15, 0.2) is 18.2 Å². The number of benzene rings is 1. The Balaban J connectivity index is 2.71.